The maximum absolute atomic E-state index is 10.8. The quantitative estimate of drug-likeness (QED) is 0.826. The second-order valence-electron chi connectivity index (χ2n) is 3.64. The van der Waals surface area contributed by atoms with E-state index in [0.29, 0.717) is 11.7 Å². The van der Waals surface area contributed by atoms with E-state index in [1.165, 1.54) is 0 Å². The lowest BCUT2D eigenvalue weighted by molar-refractivity contribution is 0.0695. The van der Waals surface area contributed by atoms with Crippen molar-refractivity contribution in [1.82, 2.24) is 4.98 Å². The van der Waals surface area contributed by atoms with Crippen LogP contribution in [-0.2, 0) is 0 Å². The summed E-state index contributed by atoms with van der Waals surface area (Å²) in [7, 11) is 0. The highest BCUT2D eigenvalue weighted by Crippen LogP contribution is 2.12. The number of carbonyl (C=O) groups is 1. The van der Waals surface area contributed by atoms with E-state index >= 15 is 0 Å². The first-order valence-electron chi connectivity index (χ1n) is 5.01. The smallest absolute Gasteiger partial charge is 0.337 e. The van der Waals surface area contributed by atoms with Gasteiger partial charge >= 0.3 is 5.97 Å². The number of pyridine rings is 1. The monoisotopic (exact) mass is 240 g/mol. The molecule has 1 unspecified atom stereocenters. The van der Waals surface area contributed by atoms with Crippen LogP contribution in [0.5, 0.6) is 0 Å². The molecule has 0 amide bonds. The normalized spacial score (nSPS) is 12.2. The Balaban J connectivity index is 2.77. The molecule has 0 spiro atoms. The van der Waals surface area contributed by atoms with Crippen LogP contribution in [0.2, 0.25) is 0 Å². The molecule has 0 aromatic carbocycles. The fourth-order valence-electron chi connectivity index (χ4n) is 1.41. The number of carboxylic acids is 1. The molecule has 1 rings (SSSR count). The minimum atomic E-state index is -0.936. The van der Waals surface area contributed by atoms with E-state index < -0.39 is 5.97 Å². The zero-order valence-corrected chi connectivity index (χ0v) is 10.5. The van der Waals surface area contributed by atoms with Crippen molar-refractivity contribution in [3.8, 4) is 0 Å². The number of anilines is 1. The van der Waals surface area contributed by atoms with Crippen LogP contribution in [0.15, 0.2) is 12.1 Å². The Bertz CT molecular complexity index is 382. The predicted octanol–water partition coefficient (Wildman–Crippen LogP) is 2.25. The molecular formula is C11H16N2O2S. The summed E-state index contributed by atoms with van der Waals surface area (Å²) in [6.07, 6.45) is 2.05. The fourth-order valence-corrected chi connectivity index (χ4v) is 1.99. The number of thioether (sulfide) groups is 1. The summed E-state index contributed by atoms with van der Waals surface area (Å²) >= 11 is 1.76. The molecule has 88 valence electrons. The molecule has 0 saturated heterocycles. The first kappa shape index (κ1) is 12.8. The summed E-state index contributed by atoms with van der Waals surface area (Å²) in [4.78, 5) is 15.0. The van der Waals surface area contributed by atoms with Gasteiger partial charge in [0.2, 0.25) is 0 Å². The van der Waals surface area contributed by atoms with E-state index in [0.717, 1.165) is 11.6 Å². The third-order valence-corrected chi connectivity index (χ3v) is 2.96. The summed E-state index contributed by atoms with van der Waals surface area (Å²) in [6.45, 7) is 3.77. The molecule has 1 aromatic heterocycles. The number of nitrogens with one attached hydrogen (secondary N) is 1. The summed E-state index contributed by atoms with van der Waals surface area (Å²) < 4.78 is 0. The fraction of sp³-hybridized carbons (Fsp3) is 0.455. The molecule has 0 aliphatic heterocycles. The molecule has 0 aliphatic carbocycles. The number of carboxylic acid groups (broad SMARTS) is 1. The molecular weight excluding hydrogens is 224 g/mol. The highest BCUT2D eigenvalue weighted by molar-refractivity contribution is 7.98. The Morgan fingerprint density at radius 2 is 2.31 bits per heavy atom. The van der Waals surface area contributed by atoms with Crippen LogP contribution < -0.4 is 5.32 Å². The topological polar surface area (TPSA) is 62.2 Å². The van der Waals surface area contributed by atoms with Gasteiger partial charge in [-0.05, 0) is 32.2 Å². The minimum absolute atomic E-state index is 0.253. The standard InChI is InChI=1S/C11H16N2O2S/c1-7(6-16-3)12-10-5-4-9(11(14)15)8(2)13-10/h4-5,7H,6H2,1-3H3,(H,12,13)(H,14,15). The van der Waals surface area contributed by atoms with Crippen molar-refractivity contribution in [2.75, 3.05) is 17.3 Å². The molecule has 2 N–H and O–H groups in total. The third-order valence-electron chi connectivity index (χ3n) is 2.13. The van der Waals surface area contributed by atoms with Gasteiger partial charge in [0.25, 0.3) is 0 Å². The Morgan fingerprint density at radius 1 is 1.62 bits per heavy atom. The van der Waals surface area contributed by atoms with E-state index in [-0.39, 0.29) is 5.56 Å². The van der Waals surface area contributed by atoms with Gasteiger partial charge in [0.15, 0.2) is 0 Å². The molecule has 16 heavy (non-hydrogen) atoms. The largest absolute Gasteiger partial charge is 0.478 e. The highest BCUT2D eigenvalue weighted by atomic mass is 32.2. The Hall–Kier alpha value is -1.23. The molecule has 0 aliphatic rings. The molecule has 5 heteroatoms. The van der Waals surface area contributed by atoms with E-state index in [1.807, 2.05) is 6.26 Å². The van der Waals surface area contributed by atoms with E-state index in [1.54, 1.807) is 30.8 Å². The molecule has 0 fully saturated rings. The Morgan fingerprint density at radius 3 is 2.81 bits per heavy atom. The van der Waals surface area contributed by atoms with E-state index in [4.69, 9.17) is 5.11 Å². The predicted molar refractivity (Wildman–Crippen MR) is 67.4 cm³/mol. The van der Waals surface area contributed by atoms with E-state index in [9.17, 15) is 4.79 Å². The van der Waals surface area contributed by atoms with Gasteiger partial charge in [0.1, 0.15) is 5.82 Å². The van der Waals surface area contributed by atoms with Crippen LogP contribution in [0.25, 0.3) is 0 Å². The number of aryl methyl sites for hydroxylation is 1. The Labute approximate surface area is 99.5 Å². The first-order chi connectivity index (χ1) is 7.54. The number of rotatable bonds is 5. The molecule has 1 atom stereocenters. The lowest BCUT2D eigenvalue weighted by atomic mass is 10.2. The number of aromatic carboxylic acids is 1. The van der Waals surface area contributed by atoms with Gasteiger partial charge in [0.05, 0.1) is 11.3 Å². The van der Waals surface area contributed by atoms with Crippen molar-refractivity contribution < 1.29 is 9.90 Å². The van der Waals surface area contributed by atoms with Crippen molar-refractivity contribution in [2.45, 2.75) is 19.9 Å². The van der Waals surface area contributed by atoms with Crippen molar-refractivity contribution in [3.63, 3.8) is 0 Å². The zero-order valence-electron chi connectivity index (χ0n) is 9.65. The summed E-state index contributed by atoms with van der Waals surface area (Å²) in [5.41, 5.74) is 0.789. The molecule has 0 radical (unpaired) electrons. The number of nitrogens with zero attached hydrogens (tertiary/aromatic N) is 1. The van der Waals surface area contributed by atoms with Crippen LogP contribution in [0, 0.1) is 6.92 Å². The third kappa shape index (κ3) is 3.41. The summed E-state index contributed by atoms with van der Waals surface area (Å²) in [5.74, 6) is 0.777. The van der Waals surface area contributed by atoms with Crippen molar-refractivity contribution in [2.24, 2.45) is 0 Å². The molecule has 1 heterocycles. The number of hydrogen-bond acceptors (Lipinski definition) is 4. The number of aromatic nitrogens is 1. The van der Waals surface area contributed by atoms with E-state index in [2.05, 4.69) is 17.2 Å². The van der Waals surface area contributed by atoms with Gasteiger partial charge in [-0.2, -0.15) is 11.8 Å². The highest BCUT2D eigenvalue weighted by Gasteiger charge is 2.09. The minimum Gasteiger partial charge on any atom is -0.478 e. The van der Waals surface area contributed by atoms with Crippen LogP contribution in [-0.4, -0.2) is 34.1 Å². The van der Waals surface area contributed by atoms with Crippen molar-refractivity contribution >= 4 is 23.5 Å². The second-order valence-corrected chi connectivity index (χ2v) is 4.55. The van der Waals surface area contributed by atoms with Crippen LogP contribution in [0.4, 0.5) is 5.82 Å². The van der Waals surface area contributed by atoms with Gasteiger partial charge in [-0.3, -0.25) is 0 Å². The maximum Gasteiger partial charge on any atom is 0.337 e. The van der Waals surface area contributed by atoms with Crippen molar-refractivity contribution in [3.05, 3.63) is 23.4 Å². The van der Waals surface area contributed by atoms with Gasteiger partial charge in [0, 0.05) is 11.8 Å². The molecule has 1 aromatic rings. The maximum atomic E-state index is 10.8. The molecule has 4 nitrogen and oxygen atoms in total. The van der Waals surface area contributed by atoms with Gasteiger partial charge in [-0.25, -0.2) is 9.78 Å². The average Bonchev–Trinajstić information content (AvgIpc) is 2.17. The lowest BCUT2D eigenvalue weighted by Crippen LogP contribution is -2.19. The van der Waals surface area contributed by atoms with Gasteiger partial charge in [-0.15, -0.1) is 0 Å². The molecule has 0 bridgehead atoms. The number of hydrogen-bond donors (Lipinski definition) is 2. The average molecular weight is 240 g/mol. The van der Waals surface area contributed by atoms with Gasteiger partial charge < -0.3 is 10.4 Å². The molecule has 0 saturated carbocycles. The summed E-state index contributed by atoms with van der Waals surface area (Å²) in [5, 5.41) is 12.1. The zero-order chi connectivity index (χ0) is 12.1. The lowest BCUT2D eigenvalue weighted by Gasteiger charge is -2.13. The van der Waals surface area contributed by atoms with Crippen molar-refractivity contribution in [1.29, 1.82) is 0 Å². The van der Waals surface area contributed by atoms with Crippen LogP contribution in [0.1, 0.15) is 23.0 Å². The van der Waals surface area contributed by atoms with Gasteiger partial charge in [-0.1, -0.05) is 0 Å². The first-order valence-corrected chi connectivity index (χ1v) is 6.40. The Kier molecular flexibility index (Phi) is 4.61. The summed E-state index contributed by atoms with van der Waals surface area (Å²) in [6, 6.07) is 3.60. The van der Waals surface area contributed by atoms with Crippen LogP contribution >= 0.6 is 11.8 Å². The van der Waals surface area contributed by atoms with Crippen LogP contribution in [0.3, 0.4) is 0 Å². The second kappa shape index (κ2) is 5.75. The SMILES string of the molecule is CSCC(C)Nc1ccc(C(=O)O)c(C)n1.